The largest absolute Gasteiger partial charge is 0.468 e. The van der Waals surface area contributed by atoms with Crippen LogP contribution in [0, 0.1) is 5.41 Å². The van der Waals surface area contributed by atoms with Crippen LogP contribution in [-0.4, -0.2) is 23.6 Å². The molecule has 0 spiro atoms. The number of methoxy groups -OCH3 is 1. The third-order valence-electron chi connectivity index (χ3n) is 3.92. The van der Waals surface area contributed by atoms with Crippen LogP contribution in [-0.2, 0) is 27.3 Å². The van der Waals surface area contributed by atoms with Crippen LogP contribution in [0.4, 0.5) is 0 Å². The van der Waals surface area contributed by atoms with Crippen LogP contribution in [0.5, 0.6) is 0 Å². The van der Waals surface area contributed by atoms with Crippen LogP contribution >= 0.6 is 11.3 Å². The van der Waals surface area contributed by atoms with Gasteiger partial charge in [-0.2, -0.15) is 4.99 Å². The summed E-state index contributed by atoms with van der Waals surface area (Å²) in [4.78, 5) is 29.0. The fourth-order valence-corrected chi connectivity index (χ4v) is 3.43. The number of aromatic nitrogens is 1. The number of carbonyl (C=O) groups excluding carboxylic acids is 2. The minimum Gasteiger partial charge on any atom is -0.468 e. The maximum absolute atomic E-state index is 12.3. The molecule has 1 aromatic heterocycles. The number of rotatable bonds is 5. The molecule has 2 rings (SSSR count). The molecule has 136 valence electrons. The van der Waals surface area contributed by atoms with Gasteiger partial charge >= 0.3 is 5.97 Å². The minimum atomic E-state index is -0.564. The highest BCUT2D eigenvalue weighted by molar-refractivity contribution is 7.16. The lowest BCUT2D eigenvalue weighted by Crippen LogP contribution is -2.26. The van der Waals surface area contributed by atoms with Gasteiger partial charge in [-0.3, -0.25) is 9.59 Å². The number of amides is 1. The Morgan fingerprint density at radius 1 is 1.28 bits per heavy atom. The zero-order chi connectivity index (χ0) is 18.6. The van der Waals surface area contributed by atoms with Crippen LogP contribution in [0.2, 0.25) is 0 Å². The first-order valence-corrected chi connectivity index (χ1v) is 9.36. The van der Waals surface area contributed by atoms with Crippen LogP contribution in [0.3, 0.4) is 0 Å². The number of benzene rings is 1. The molecule has 25 heavy (non-hydrogen) atoms. The zero-order valence-corrected chi connectivity index (χ0v) is 16.4. The predicted molar refractivity (Wildman–Crippen MR) is 100 cm³/mol. The van der Waals surface area contributed by atoms with E-state index in [1.165, 1.54) is 24.0 Å². The maximum atomic E-state index is 12.3. The summed E-state index contributed by atoms with van der Waals surface area (Å²) in [7, 11) is 1.36. The Labute approximate surface area is 152 Å². The molecular weight excluding hydrogens is 336 g/mol. The van der Waals surface area contributed by atoms with E-state index in [-0.39, 0.29) is 18.4 Å². The van der Waals surface area contributed by atoms with Crippen LogP contribution in [0.1, 0.15) is 46.1 Å². The van der Waals surface area contributed by atoms with E-state index < -0.39 is 5.41 Å². The second-order valence-electron chi connectivity index (χ2n) is 7.12. The number of thiazole rings is 1. The SMILES string of the molecule is CCCCc1ccc2c(c1)sc(=NC(=O)C(C)(C)C)n2CC(=O)OC. The number of hydrogen-bond donors (Lipinski definition) is 0. The van der Waals surface area contributed by atoms with Gasteiger partial charge in [-0.15, -0.1) is 0 Å². The Hall–Kier alpha value is -1.95. The molecule has 0 atom stereocenters. The molecule has 5 nitrogen and oxygen atoms in total. The molecule has 0 fully saturated rings. The quantitative estimate of drug-likeness (QED) is 0.762. The molecule has 0 bridgehead atoms. The van der Waals surface area contributed by atoms with Gasteiger partial charge in [0.25, 0.3) is 5.91 Å². The summed E-state index contributed by atoms with van der Waals surface area (Å²) in [6.45, 7) is 7.71. The molecule has 2 aromatic rings. The average Bonchev–Trinajstić information content (AvgIpc) is 2.88. The van der Waals surface area contributed by atoms with Crippen LogP contribution in [0.15, 0.2) is 23.2 Å². The first-order valence-electron chi connectivity index (χ1n) is 8.54. The van der Waals surface area contributed by atoms with Gasteiger partial charge in [0.1, 0.15) is 6.54 Å². The van der Waals surface area contributed by atoms with E-state index in [0.29, 0.717) is 4.80 Å². The summed E-state index contributed by atoms with van der Waals surface area (Å²) in [5.74, 6) is -0.566. The lowest BCUT2D eigenvalue weighted by Gasteiger charge is -2.11. The molecule has 0 radical (unpaired) electrons. The minimum absolute atomic E-state index is 0.0427. The average molecular weight is 362 g/mol. The van der Waals surface area contributed by atoms with Gasteiger partial charge in [0.2, 0.25) is 0 Å². The van der Waals surface area contributed by atoms with Crippen LogP contribution < -0.4 is 4.80 Å². The summed E-state index contributed by atoms with van der Waals surface area (Å²) in [6, 6.07) is 6.21. The van der Waals surface area contributed by atoms with Gasteiger partial charge in [0.15, 0.2) is 4.80 Å². The Kier molecular flexibility index (Phi) is 6.16. The Bertz CT molecular complexity index is 840. The lowest BCUT2D eigenvalue weighted by molar-refractivity contribution is -0.141. The van der Waals surface area contributed by atoms with E-state index in [9.17, 15) is 9.59 Å². The molecule has 0 saturated heterocycles. The van der Waals surface area contributed by atoms with E-state index in [2.05, 4.69) is 24.0 Å². The highest BCUT2D eigenvalue weighted by Gasteiger charge is 2.21. The number of nitrogens with zero attached hydrogens (tertiary/aromatic N) is 2. The third kappa shape index (κ3) is 4.78. The summed E-state index contributed by atoms with van der Waals surface area (Å²) < 4.78 is 7.58. The zero-order valence-electron chi connectivity index (χ0n) is 15.6. The van der Waals surface area contributed by atoms with Gasteiger partial charge in [0.05, 0.1) is 17.3 Å². The van der Waals surface area contributed by atoms with E-state index in [1.807, 2.05) is 26.8 Å². The van der Waals surface area contributed by atoms with Crippen molar-refractivity contribution in [3.8, 4) is 0 Å². The normalized spacial score (nSPS) is 12.6. The Morgan fingerprint density at radius 2 is 2.00 bits per heavy atom. The Balaban J connectivity index is 2.57. The van der Waals surface area contributed by atoms with Crippen molar-refractivity contribution in [1.29, 1.82) is 0 Å². The van der Waals surface area contributed by atoms with Gasteiger partial charge in [0, 0.05) is 5.41 Å². The molecule has 0 aliphatic rings. The molecule has 1 heterocycles. The van der Waals surface area contributed by atoms with E-state index in [4.69, 9.17) is 4.74 Å². The monoisotopic (exact) mass is 362 g/mol. The second-order valence-corrected chi connectivity index (χ2v) is 8.13. The second kappa shape index (κ2) is 7.95. The van der Waals surface area contributed by atoms with E-state index >= 15 is 0 Å². The van der Waals surface area contributed by atoms with Crippen molar-refractivity contribution in [3.63, 3.8) is 0 Å². The van der Waals surface area contributed by atoms with Crippen molar-refractivity contribution in [2.45, 2.75) is 53.5 Å². The molecule has 0 aliphatic carbocycles. The topological polar surface area (TPSA) is 60.7 Å². The first-order chi connectivity index (χ1) is 11.8. The Morgan fingerprint density at radius 3 is 2.60 bits per heavy atom. The number of esters is 1. The standard InChI is InChI=1S/C19H26N2O3S/c1-6-7-8-13-9-10-14-15(11-13)25-18(20-17(23)19(2,3)4)21(14)12-16(22)24-5/h9-11H,6-8,12H2,1-5H3. The summed E-state index contributed by atoms with van der Waals surface area (Å²) in [6.07, 6.45) is 3.30. The summed E-state index contributed by atoms with van der Waals surface area (Å²) in [5.41, 5.74) is 1.59. The fourth-order valence-electron chi connectivity index (χ4n) is 2.34. The molecule has 1 aromatic carbocycles. The van der Waals surface area contributed by atoms with Crippen molar-refractivity contribution in [3.05, 3.63) is 28.6 Å². The van der Waals surface area contributed by atoms with Crippen molar-refractivity contribution in [2.75, 3.05) is 7.11 Å². The first kappa shape index (κ1) is 19.4. The van der Waals surface area contributed by atoms with E-state index in [1.54, 1.807) is 4.57 Å². The predicted octanol–water partition coefficient (Wildman–Crippen LogP) is 3.69. The maximum Gasteiger partial charge on any atom is 0.325 e. The number of ether oxygens (including phenoxy) is 1. The van der Waals surface area contributed by atoms with E-state index in [0.717, 1.165) is 29.5 Å². The van der Waals surface area contributed by atoms with Crippen molar-refractivity contribution < 1.29 is 14.3 Å². The molecule has 6 heteroatoms. The highest BCUT2D eigenvalue weighted by Crippen LogP contribution is 2.21. The number of unbranched alkanes of at least 4 members (excludes halogenated alkanes) is 1. The highest BCUT2D eigenvalue weighted by atomic mass is 32.1. The molecular formula is C19H26N2O3S. The van der Waals surface area contributed by atoms with Crippen molar-refractivity contribution in [1.82, 2.24) is 4.57 Å². The summed E-state index contributed by atoms with van der Waals surface area (Å²) in [5, 5.41) is 0. The van der Waals surface area contributed by atoms with Crippen molar-refractivity contribution in [2.24, 2.45) is 10.4 Å². The number of hydrogen-bond acceptors (Lipinski definition) is 4. The van der Waals surface area contributed by atoms with Gasteiger partial charge < -0.3 is 9.30 Å². The van der Waals surface area contributed by atoms with Gasteiger partial charge in [-0.1, -0.05) is 51.5 Å². The fraction of sp³-hybridized carbons (Fsp3) is 0.526. The number of fused-ring (bicyclic) bond motifs is 1. The van der Waals surface area contributed by atoms with Crippen LogP contribution in [0.25, 0.3) is 10.2 Å². The number of aryl methyl sites for hydroxylation is 1. The third-order valence-corrected chi connectivity index (χ3v) is 4.96. The molecule has 0 saturated carbocycles. The smallest absolute Gasteiger partial charge is 0.325 e. The summed E-state index contributed by atoms with van der Waals surface area (Å²) >= 11 is 1.44. The number of carbonyl (C=O) groups is 2. The lowest BCUT2D eigenvalue weighted by atomic mass is 9.96. The molecule has 0 unspecified atom stereocenters. The van der Waals surface area contributed by atoms with Crippen molar-refractivity contribution >= 4 is 33.4 Å². The molecule has 0 aliphatic heterocycles. The van der Waals surface area contributed by atoms with Gasteiger partial charge in [-0.25, -0.2) is 0 Å². The molecule has 1 amide bonds. The molecule has 0 N–H and O–H groups in total. The van der Waals surface area contributed by atoms with Gasteiger partial charge in [-0.05, 0) is 30.5 Å².